The summed E-state index contributed by atoms with van der Waals surface area (Å²) < 4.78 is 10.8. The van der Waals surface area contributed by atoms with E-state index in [-0.39, 0.29) is 6.03 Å². The second-order valence-corrected chi connectivity index (χ2v) is 5.47. The number of rotatable bonds is 4. The molecule has 0 unspecified atom stereocenters. The minimum atomic E-state index is -0.261. The van der Waals surface area contributed by atoms with E-state index in [9.17, 15) is 4.79 Å². The summed E-state index contributed by atoms with van der Waals surface area (Å²) in [5, 5.41) is 5.23. The van der Waals surface area contributed by atoms with Gasteiger partial charge < -0.3 is 25.0 Å². The average Bonchev–Trinajstić information content (AvgIpc) is 2.68. The normalized spacial score (nSPS) is 14.1. The Bertz CT molecular complexity index is 730. The van der Waals surface area contributed by atoms with Crippen LogP contribution in [0.2, 0.25) is 0 Å². The summed E-state index contributed by atoms with van der Waals surface area (Å²) in [6.45, 7) is 2.87. The van der Waals surface area contributed by atoms with Gasteiger partial charge in [0.1, 0.15) is 0 Å². The third-order valence-corrected chi connectivity index (χ3v) is 3.89. The molecule has 0 atom stereocenters. The van der Waals surface area contributed by atoms with Gasteiger partial charge in [0.25, 0.3) is 0 Å². The van der Waals surface area contributed by atoms with Crippen LogP contribution in [0.1, 0.15) is 0 Å². The maximum absolute atomic E-state index is 11.3. The summed E-state index contributed by atoms with van der Waals surface area (Å²) in [5.74, 6) is 2.01. The first-order valence-electron chi connectivity index (χ1n) is 8.04. The highest BCUT2D eigenvalue weighted by atomic mass is 16.5. The second kappa shape index (κ2) is 7.80. The molecule has 0 spiro atoms. The molecule has 8 nitrogen and oxygen atoms in total. The SMILES string of the molecule is CNC(=O)Nc1ccc(-c2ncc(OC)c(N3CCOCC3)n2)cc1. The molecule has 2 N–H and O–H groups in total. The van der Waals surface area contributed by atoms with Crippen LogP contribution < -0.4 is 20.3 Å². The zero-order chi connectivity index (χ0) is 17.6. The van der Waals surface area contributed by atoms with E-state index in [0.717, 1.165) is 24.5 Å². The topological polar surface area (TPSA) is 88.6 Å². The number of urea groups is 1. The molecule has 132 valence electrons. The first kappa shape index (κ1) is 17.0. The zero-order valence-corrected chi connectivity index (χ0v) is 14.3. The van der Waals surface area contributed by atoms with Crippen molar-refractivity contribution in [3.63, 3.8) is 0 Å². The van der Waals surface area contributed by atoms with Crippen LogP contribution in [-0.2, 0) is 4.74 Å². The molecule has 2 aromatic rings. The van der Waals surface area contributed by atoms with Crippen molar-refractivity contribution in [3.8, 4) is 17.1 Å². The molecule has 1 fully saturated rings. The lowest BCUT2D eigenvalue weighted by molar-refractivity contribution is 0.122. The molecule has 1 aromatic carbocycles. The van der Waals surface area contributed by atoms with E-state index in [1.807, 2.05) is 24.3 Å². The van der Waals surface area contributed by atoms with E-state index < -0.39 is 0 Å². The van der Waals surface area contributed by atoms with Gasteiger partial charge in [-0.1, -0.05) is 0 Å². The molecular weight excluding hydrogens is 322 g/mol. The molecule has 0 aliphatic carbocycles. The van der Waals surface area contributed by atoms with E-state index in [1.54, 1.807) is 20.4 Å². The monoisotopic (exact) mass is 343 g/mol. The Morgan fingerprint density at radius 3 is 2.60 bits per heavy atom. The first-order chi connectivity index (χ1) is 12.2. The van der Waals surface area contributed by atoms with E-state index in [2.05, 4.69) is 25.5 Å². The number of amides is 2. The molecule has 0 saturated carbocycles. The van der Waals surface area contributed by atoms with Gasteiger partial charge in [-0.3, -0.25) is 0 Å². The average molecular weight is 343 g/mol. The Hall–Kier alpha value is -2.87. The summed E-state index contributed by atoms with van der Waals surface area (Å²) in [7, 11) is 3.18. The van der Waals surface area contributed by atoms with Crippen molar-refractivity contribution in [3.05, 3.63) is 30.5 Å². The molecule has 1 aliphatic heterocycles. The summed E-state index contributed by atoms with van der Waals surface area (Å²) in [5.41, 5.74) is 1.56. The lowest BCUT2D eigenvalue weighted by Crippen LogP contribution is -2.37. The number of benzene rings is 1. The molecule has 1 saturated heterocycles. The Morgan fingerprint density at radius 2 is 1.96 bits per heavy atom. The highest BCUT2D eigenvalue weighted by molar-refractivity contribution is 5.89. The van der Waals surface area contributed by atoms with E-state index in [0.29, 0.717) is 30.5 Å². The third-order valence-electron chi connectivity index (χ3n) is 3.89. The second-order valence-electron chi connectivity index (χ2n) is 5.47. The van der Waals surface area contributed by atoms with Crippen molar-refractivity contribution in [1.29, 1.82) is 0 Å². The number of aromatic nitrogens is 2. The van der Waals surface area contributed by atoms with Crippen molar-refractivity contribution < 1.29 is 14.3 Å². The van der Waals surface area contributed by atoms with Gasteiger partial charge in [0.05, 0.1) is 26.5 Å². The van der Waals surface area contributed by atoms with Crippen molar-refractivity contribution in [2.75, 3.05) is 50.7 Å². The number of ether oxygens (including phenoxy) is 2. The van der Waals surface area contributed by atoms with Crippen molar-refractivity contribution in [2.24, 2.45) is 0 Å². The van der Waals surface area contributed by atoms with Gasteiger partial charge in [-0.25, -0.2) is 14.8 Å². The first-order valence-corrected chi connectivity index (χ1v) is 8.04. The number of hydrogen-bond donors (Lipinski definition) is 2. The summed E-state index contributed by atoms with van der Waals surface area (Å²) in [4.78, 5) is 22.6. The minimum absolute atomic E-state index is 0.261. The zero-order valence-electron chi connectivity index (χ0n) is 14.3. The molecule has 0 bridgehead atoms. The maximum atomic E-state index is 11.3. The quantitative estimate of drug-likeness (QED) is 0.879. The van der Waals surface area contributed by atoms with Crippen molar-refractivity contribution in [2.45, 2.75) is 0 Å². The summed E-state index contributed by atoms with van der Waals surface area (Å²) in [6, 6.07) is 7.11. The number of hydrogen-bond acceptors (Lipinski definition) is 6. The molecule has 3 rings (SSSR count). The van der Waals surface area contributed by atoms with Gasteiger partial charge in [-0.15, -0.1) is 0 Å². The predicted octanol–water partition coefficient (Wildman–Crippen LogP) is 1.74. The molecule has 2 heterocycles. The van der Waals surface area contributed by atoms with Crippen LogP contribution in [0.3, 0.4) is 0 Å². The largest absolute Gasteiger partial charge is 0.491 e. The van der Waals surface area contributed by atoms with Gasteiger partial charge >= 0.3 is 6.03 Å². The number of nitrogens with one attached hydrogen (secondary N) is 2. The number of nitrogens with zero attached hydrogens (tertiary/aromatic N) is 3. The molecule has 8 heteroatoms. The number of methoxy groups -OCH3 is 1. The molecular formula is C17H21N5O3. The molecule has 1 aromatic heterocycles. The number of morpholine rings is 1. The fraction of sp³-hybridized carbons (Fsp3) is 0.353. The summed E-state index contributed by atoms with van der Waals surface area (Å²) >= 11 is 0. The van der Waals surface area contributed by atoms with Gasteiger partial charge in [0.2, 0.25) is 0 Å². The van der Waals surface area contributed by atoms with Gasteiger partial charge in [-0.2, -0.15) is 0 Å². The van der Waals surface area contributed by atoms with Crippen LogP contribution in [0.5, 0.6) is 5.75 Å². The van der Waals surface area contributed by atoms with Gasteiger partial charge in [0, 0.05) is 31.4 Å². The Morgan fingerprint density at radius 1 is 1.24 bits per heavy atom. The third kappa shape index (κ3) is 3.97. The number of anilines is 2. The molecule has 1 aliphatic rings. The lowest BCUT2D eigenvalue weighted by atomic mass is 10.2. The standard InChI is InChI=1S/C17H21N5O3/c1-18-17(23)20-13-5-3-12(4-6-13)15-19-11-14(24-2)16(21-15)22-7-9-25-10-8-22/h3-6,11H,7-10H2,1-2H3,(H2,18,20,23). The molecule has 25 heavy (non-hydrogen) atoms. The van der Waals surface area contributed by atoms with E-state index >= 15 is 0 Å². The fourth-order valence-corrected chi connectivity index (χ4v) is 2.54. The minimum Gasteiger partial charge on any atom is -0.491 e. The van der Waals surface area contributed by atoms with Crippen LogP contribution in [0.4, 0.5) is 16.3 Å². The van der Waals surface area contributed by atoms with Gasteiger partial charge in [0.15, 0.2) is 17.4 Å². The maximum Gasteiger partial charge on any atom is 0.318 e. The van der Waals surface area contributed by atoms with Crippen molar-refractivity contribution in [1.82, 2.24) is 15.3 Å². The van der Waals surface area contributed by atoms with Crippen LogP contribution in [0.15, 0.2) is 30.5 Å². The summed E-state index contributed by atoms with van der Waals surface area (Å²) in [6.07, 6.45) is 1.68. The van der Waals surface area contributed by atoms with E-state index in [1.165, 1.54) is 0 Å². The van der Waals surface area contributed by atoms with Crippen molar-refractivity contribution >= 4 is 17.5 Å². The Balaban J connectivity index is 1.85. The Labute approximate surface area is 146 Å². The van der Waals surface area contributed by atoms with Gasteiger partial charge in [-0.05, 0) is 24.3 Å². The fourth-order valence-electron chi connectivity index (χ4n) is 2.54. The highest BCUT2D eigenvalue weighted by Gasteiger charge is 2.18. The number of carbonyl (C=O) groups is 1. The van der Waals surface area contributed by atoms with Crippen LogP contribution in [0, 0.1) is 0 Å². The van der Waals surface area contributed by atoms with Crippen LogP contribution in [-0.4, -0.2) is 56.5 Å². The van der Waals surface area contributed by atoms with E-state index in [4.69, 9.17) is 9.47 Å². The molecule has 0 radical (unpaired) electrons. The lowest BCUT2D eigenvalue weighted by Gasteiger charge is -2.28. The van der Waals surface area contributed by atoms with Crippen LogP contribution in [0.25, 0.3) is 11.4 Å². The Kier molecular flexibility index (Phi) is 5.30. The highest BCUT2D eigenvalue weighted by Crippen LogP contribution is 2.28. The van der Waals surface area contributed by atoms with Crippen LogP contribution >= 0.6 is 0 Å². The molecule has 2 amide bonds. The number of carbonyl (C=O) groups excluding carboxylic acids is 1. The predicted molar refractivity (Wildman–Crippen MR) is 95.1 cm³/mol. The smallest absolute Gasteiger partial charge is 0.318 e.